The molecule has 26 heavy (non-hydrogen) atoms. The van der Waals surface area contributed by atoms with Gasteiger partial charge >= 0.3 is 0 Å². The highest BCUT2D eigenvalue weighted by Gasteiger charge is 2.24. The molecule has 6 nitrogen and oxygen atoms in total. The van der Waals surface area contributed by atoms with Gasteiger partial charge in [-0.05, 0) is 37.8 Å². The third-order valence-corrected chi connectivity index (χ3v) is 4.89. The van der Waals surface area contributed by atoms with Gasteiger partial charge in [-0.3, -0.25) is 4.99 Å². The monoisotopic (exact) mass is 361 g/mol. The summed E-state index contributed by atoms with van der Waals surface area (Å²) in [5.74, 6) is 1.92. The first-order valence-corrected chi connectivity index (χ1v) is 9.75. The SMILES string of the molecule is C=CCNC(=NCCc1ccco1)N1CCC(OCC2CCCO2)CC1. The van der Waals surface area contributed by atoms with Crippen molar-refractivity contribution in [1.82, 2.24) is 10.2 Å². The maximum Gasteiger partial charge on any atom is 0.194 e. The lowest BCUT2D eigenvalue weighted by molar-refractivity contribution is -0.0367. The Balaban J connectivity index is 1.43. The molecular formula is C20H31N3O3. The second kappa shape index (κ2) is 10.4. The zero-order valence-electron chi connectivity index (χ0n) is 15.6. The fourth-order valence-electron chi connectivity index (χ4n) is 3.41. The van der Waals surface area contributed by atoms with Crippen LogP contribution >= 0.6 is 0 Å². The molecular weight excluding hydrogens is 330 g/mol. The van der Waals surface area contributed by atoms with Crippen molar-refractivity contribution in [3.05, 3.63) is 36.8 Å². The highest BCUT2D eigenvalue weighted by molar-refractivity contribution is 5.80. The smallest absolute Gasteiger partial charge is 0.194 e. The first-order valence-electron chi connectivity index (χ1n) is 9.75. The van der Waals surface area contributed by atoms with Crippen LogP contribution in [-0.4, -0.2) is 62.5 Å². The summed E-state index contributed by atoms with van der Waals surface area (Å²) in [5.41, 5.74) is 0. The Hall–Kier alpha value is -1.79. The first-order chi connectivity index (χ1) is 12.8. The van der Waals surface area contributed by atoms with Gasteiger partial charge < -0.3 is 24.1 Å². The molecule has 2 aliphatic heterocycles. The Kier molecular flexibility index (Phi) is 7.58. The Bertz CT molecular complexity index is 545. The minimum absolute atomic E-state index is 0.306. The number of nitrogens with zero attached hydrogens (tertiary/aromatic N) is 2. The summed E-state index contributed by atoms with van der Waals surface area (Å²) in [6.45, 7) is 8.76. The molecule has 0 aromatic carbocycles. The lowest BCUT2D eigenvalue weighted by Crippen LogP contribution is -2.47. The van der Waals surface area contributed by atoms with E-state index in [1.807, 2.05) is 18.2 Å². The number of ether oxygens (including phenoxy) is 2. The van der Waals surface area contributed by atoms with Gasteiger partial charge in [-0.15, -0.1) is 6.58 Å². The number of nitrogens with one attached hydrogen (secondary N) is 1. The molecule has 1 N–H and O–H groups in total. The average molecular weight is 361 g/mol. The second-order valence-electron chi connectivity index (χ2n) is 6.86. The maximum atomic E-state index is 6.07. The normalized spacial score (nSPS) is 21.9. The molecule has 1 unspecified atom stereocenters. The van der Waals surface area contributed by atoms with Crippen molar-refractivity contribution in [3.63, 3.8) is 0 Å². The third kappa shape index (κ3) is 5.88. The van der Waals surface area contributed by atoms with E-state index in [9.17, 15) is 0 Å². The van der Waals surface area contributed by atoms with E-state index in [1.165, 1.54) is 6.42 Å². The fraction of sp³-hybridized carbons (Fsp3) is 0.650. The molecule has 2 saturated heterocycles. The predicted molar refractivity (Wildman–Crippen MR) is 102 cm³/mol. The third-order valence-electron chi connectivity index (χ3n) is 4.89. The molecule has 0 spiro atoms. The summed E-state index contributed by atoms with van der Waals surface area (Å²) in [6, 6.07) is 3.90. The Morgan fingerprint density at radius 2 is 2.27 bits per heavy atom. The van der Waals surface area contributed by atoms with Crippen molar-refractivity contribution in [2.75, 3.05) is 39.4 Å². The lowest BCUT2D eigenvalue weighted by Gasteiger charge is -2.34. The summed E-state index contributed by atoms with van der Waals surface area (Å²) >= 11 is 0. The van der Waals surface area contributed by atoms with Gasteiger partial charge in [0.05, 0.1) is 25.1 Å². The molecule has 2 fully saturated rings. The van der Waals surface area contributed by atoms with Crippen LogP contribution < -0.4 is 5.32 Å². The van der Waals surface area contributed by atoms with Crippen LogP contribution in [-0.2, 0) is 15.9 Å². The molecule has 6 heteroatoms. The number of likely N-dealkylation sites (tertiary alicyclic amines) is 1. The van der Waals surface area contributed by atoms with Crippen molar-refractivity contribution in [3.8, 4) is 0 Å². The van der Waals surface area contributed by atoms with Crippen LogP contribution in [0.3, 0.4) is 0 Å². The lowest BCUT2D eigenvalue weighted by atomic mass is 10.1. The topological polar surface area (TPSA) is 59.2 Å². The zero-order valence-corrected chi connectivity index (χ0v) is 15.6. The van der Waals surface area contributed by atoms with Gasteiger partial charge in [0.2, 0.25) is 0 Å². The molecule has 0 radical (unpaired) electrons. The van der Waals surface area contributed by atoms with E-state index in [0.29, 0.717) is 18.8 Å². The van der Waals surface area contributed by atoms with Gasteiger partial charge in [0.25, 0.3) is 0 Å². The Morgan fingerprint density at radius 3 is 2.96 bits per heavy atom. The van der Waals surface area contributed by atoms with Crippen LogP contribution in [0.25, 0.3) is 0 Å². The van der Waals surface area contributed by atoms with Crippen molar-refractivity contribution >= 4 is 5.96 Å². The van der Waals surface area contributed by atoms with Crippen molar-refractivity contribution in [2.24, 2.45) is 4.99 Å². The Labute approximate surface area is 156 Å². The molecule has 0 amide bonds. The van der Waals surface area contributed by atoms with Gasteiger partial charge in [0, 0.05) is 39.2 Å². The highest BCUT2D eigenvalue weighted by Crippen LogP contribution is 2.18. The largest absolute Gasteiger partial charge is 0.469 e. The van der Waals surface area contributed by atoms with Crippen molar-refractivity contribution in [1.29, 1.82) is 0 Å². The standard InChI is InChI=1S/C20H31N3O3/c1-2-10-21-20(22-11-7-17-5-3-14-24-17)23-12-8-18(9-13-23)26-16-19-6-4-15-25-19/h2-3,5,14,18-19H,1,4,6-13,15-16H2,(H,21,22). The molecule has 144 valence electrons. The molecule has 1 aromatic heterocycles. The second-order valence-corrected chi connectivity index (χ2v) is 6.86. The molecule has 1 aromatic rings. The number of rotatable bonds is 8. The number of hydrogen-bond donors (Lipinski definition) is 1. The molecule has 1 atom stereocenters. The molecule has 0 bridgehead atoms. The molecule has 3 heterocycles. The maximum absolute atomic E-state index is 6.07. The highest BCUT2D eigenvalue weighted by atomic mass is 16.5. The molecule has 2 aliphatic rings. The van der Waals surface area contributed by atoms with Crippen molar-refractivity contribution in [2.45, 2.75) is 44.3 Å². The summed E-state index contributed by atoms with van der Waals surface area (Å²) in [6.07, 6.45) is 9.37. The number of hydrogen-bond acceptors (Lipinski definition) is 4. The van der Waals surface area contributed by atoms with Gasteiger partial charge in [0.1, 0.15) is 5.76 Å². The molecule has 3 rings (SSSR count). The summed E-state index contributed by atoms with van der Waals surface area (Å²) in [7, 11) is 0. The van der Waals surface area contributed by atoms with Crippen LogP contribution in [0.2, 0.25) is 0 Å². The van der Waals surface area contributed by atoms with Crippen LogP contribution in [0, 0.1) is 0 Å². The van der Waals surface area contributed by atoms with E-state index >= 15 is 0 Å². The molecule has 0 aliphatic carbocycles. The number of aliphatic imine (C=N–C) groups is 1. The van der Waals surface area contributed by atoms with Gasteiger partial charge in [0.15, 0.2) is 5.96 Å². The Morgan fingerprint density at radius 1 is 1.38 bits per heavy atom. The predicted octanol–water partition coefficient (Wildman–Crippen LogP) is 2.61. The van der Waals surface area contributed by atoms with Gasteiger partial charge in [-0.25, -0.2) is 0 Å². The van der Waals surface area contributed by atoms with E-state index in [4.69, 9.17) is 18.9 Å². The van der Waals surface area contributed by atoms with E-state index in [1.54, 1.807) is 6.26 Å². The van der Waals surface area contributed by atoms with Gasteiger partial charge in [-0.1, -0.05) is 6.08 Å². The quantitative estimate of drug-likeness (QED) is 0.438. The first kappa shape index (κ1) is 19.0. The summed E-state index contributed by atoms with van der Waals surface area (Å²) < 4.78 is 17.1. The number of piperidine rings is 1. The van der Waals surface area contributed by atoms with E-state index in [0.717, 1.165) is 70.3 Å². The minimum atomic E-state index is 0.306. The van der Waals surface area contributed by atoms with E-state index in [-0.39, 0.29) is 0 Å². The molecule has 0 saturated carbocycles. The van der Waals surface area contributed by atoms with E-state index in [2.05, 4.69) is 16.8 Å². The fourth-order valence-corrected chi connectivity index (χ4v) is 3.41. The van der Waals surface area contributed by atoms with Crippen molar-refractivity contribution < 1.29 is 13.9 Å². The van der Waals surface area contributed by atoms with Crippen LogP contribution in [0.1, 0.15) is 31.4 Å². The minimum Gasteiger partial charge on any atom is -0.469 e. The number of furan rings is 1. The van der Waals surface area contributed by atoms with Crippen LogP contribution in [0.5, 0.6) is 0 Å². The summed E-state index contributed by atoms with van der Waals surface area (Å²) in [5, 5.41) is 3.38. The van der Waals surface area contributed by atoms with E-state index < -0.39 is 0 Å². The zero-order chi connectivity index (χ0) is 18.0. The van der Waals surface area contributed by atoms with Crippen LogP contribution in [0.15, 0.2) is 40.5 Å². The van der Waals surface area contributed by atoms with Crippen LogP contribution in [0.4, 0.5) is 0 Å². The number of guanidine groups is 1. The van der Waals surface area contributed by atoms with Gasteiger partial charge in [-0.2, -0.15) is 0 Å². The summed E-state index contributed by atoms with van der Waals surface area (Å²) in [4.78, 5) is 7.07. The average Bonchev–Trinajstić information content (AvgIpc) is 3.37.